The fourth-order valence-corrected chi connectivity index (χ4v) is 3.86. The molecule has 0 fully saturated rings. The largest absolute Gasteiger partial charge is 0.355 e. The first-order valence-corrected chi connectivity index (χ1v) is 12.7. The number of H-pyrrole nitrogens is 1. The van der Waals surface area contributed by atoms with Gasteiger partial charge in [-0.15, -0.1) is 0 Å². The highest BCUT2D eigenvalue weighted by Crippen LogP contribution is 2.28. The van der Waals surface area contributed by atoms with E-state index >= 15 is 0 Å². The molecule has 1 heteroatoms. The fraction of sp³-hybridized carbons (Fsp3) is 0.143. The Labute approximate surface area is 217 Å². The maximum Gasteiger partial charge on any atom is 0.0465 e. The van der Waals surface area contributed by atoms with E-state index in [0.717, 1.165) is 16.8 Å². The van der Waals surface area contributed by atoms with Crippen molar-refractivity contribution >= 4 is 40.8 Å². The average Bonchev–Trinajstić information content (AvgIpc) is 3.27. The highest BCUT2D eigenvalue weighted by molar-refractivity contribution is 5.95. The summed E-state index contributed by atoms with van der Waals surface area (Å²) in [5.41, 5.74) is 5.72. The summed E-state index contributed by atoms with van der Waals surface area (Å²) in [4.78, 5) is 3.47. The molecule has 0 aliphatic rings. The van der Waals surface area contributed by atoms with E-state index < -0.39 is 0 Å². The molecule has 0 spiro atoms. The standard InChI is InChI=1S/C33H33N.C2H6/c1-5-18-32-30(8-4)31-25-29(23-24-33(31)34-32)27(7-3)19-14-12-10-9-11-13-15-21-28-22-17-16-20-26(28)6-2;1-2/h5-25,34H,4H2,1-3H3;1-2H3/b11-9-,12-10+,15-13-,18-5-,19-14-,26-6-,27-7+,28-21+;. The Morgan fingerprint density at radius 3 is 2.11 bits per heavy atom. The van der Waals surface area contributed by atoms with Crippen LogP contribution in [0.4, 0.5) is 0 Å². The maximum atomic E-state index is 4.00. The molecule has 3 aromatic rings. The molecule has 1 nitrogen and oxygen atoms in total. The Kier molecular flexibility index (Phi) is 12.3. The maximum absolute atomic E-state index is 4.00. The van der Waals surface area contributed by atoms with Crippen molar-refractivity contribution in [2.24, 2.45) is 0 Å². The van der Waals surface area contributed by atoms with Gasteiger partial charge in [-0.2, -0.15) is 0 Å². The monoisotopic (exact) mass is 473 g/mol. The second kappa shape index (κ2) is 15.7. The molecule has 0 bridgehead atoms. The van der Waals surface area contributed by atoms with Crippen molar-refractivity contribution in [2.45, 2.75) is 34.6 Å². The van der Waals surface area contributed by atoms with E-state index in [0.29, 0.717) is 0 Å². The first-order valence-electron chi connectivity index (χ1n) is 12.7. The first-order chi connectivity index (χ1) is 17.7. The van der Waals surface area contributed by atoms with E-state index in [1.165, 1.54) is 27.0 Å². The van der Waals surface area contributed by atoms with Crippen LogP contribution in [0, 0.1) is 0 Å². The molecule has 0 atom stereocenters. The molecule has 1 aromatic heterocycles. The Bertz CT molecular complexity index is 1430. The van der Waals surface area contributed by atoms with Crippen LogP contribution in [0.25, 0.3) is 40.8 Å². The van der Waals surface area contributed by atoms with Crippen LogP contribution >= 0.6 is 0 Å². The Hall–Kier alpha value is -4.10. The van der Waals surface area contributed by atoms with Crippen molar-refractivity contribution in [1.82, 2.24) is 4.98 Å². The van der Waals surface area contributed by atoms with Gasteiger partial charge in [0.25, 0.3) is 0 Å². The smallest absolute Gasteiger partial charge is 0.0465 e. The molecule has 0 saturated heterocycles. The second-order valence-electron chi connectivity index (χ2n) is 7.76. The van der Waals surface area contributed by atoms with Gasteiger partial charge in [0, 0.05) is 22.2 Å². The van der Waals surface area contributed by atoms with Crippen LogP contribution in [0.3, 0.4) is 0 Å². The van der Waals surface area contributed by atoms with Crippen LogP contribution in [0.1, 0.15) is 51.4 Å². The van der Waals surface area contributed by atoms with Gasteiger partial charge in [-0.25, -0.2) is 0 Å². The van der Waals surface area contributed by atoms with Crippen molar-refractivity contribution < 1.29 is 0 Å². The lowest BCUT2D eigenvalue weighted by Gasteiger charge is -2.03. The number of aromatic amines is 1. The summed E-state index contributed by atoms with van der Waals surface area (Å²) in [6, 6.07) is 14.9. The number of hydrogen-bond acceptors (Lipinski definition) is 0. The van der Waals surface area contributed by atoms with Gasteiger partial charge in [0.1, 0.15) is 0 Å². The minimum atomic E-state index is 1.09. The van der Waals surface area contributed by atoms with Crippen LogP contribution in [0.2, 0.25) is 0 Å². The summed E-state index contributed by atoms with van der Waals surface area (Å²) in [7, 11) is 0. The lowest BCUT2D eigenvalue weighted by atomic mass is 10.0. The van der Waals surface area contributed by atoms with Gasteiger partial charge < -0.3 is 4.98 Å². The molecule has 1 heterocycles. The van der Waals surface area contributed by atoms with Crippen LogP contribution in [-0.4, -0.2) is 4.98 Å². The van der Waals surface area contributed by atoms with Gasteiger partial charge in [-0.05, 0) is 60.6 Å². The van der Waals surface area contributed by atoms with Gasteiger partial charge in [0.05, 0.1) is 0 Å². The highest BCUT2D eigenvalue weighted by Gasteiger charge is 2.08. The van der Waals surface area contributed by atoms with Gasteiger partial charge in [0.2, 0.25) is 0 Å². The first kappa shape index (κ1) is 28.1. The lowest BCUT2D eigenvalue weighted by molar-refractivity contribution is 1.42. The zero-order chi connectivity index (χ0) is 26.2. The predicted molar refractivity (Wildman–Crippen MR) is 165 cm³/mol. The Morgan fingerprint density at radius 1 is 0.806 bits per heavy atom. The van der Waals surface area contributed by atoms with Crippen molar-refractivity contribution in [3.05, 3.63) is 137 Å². The van der Waals surface area contributed by atoms with Gasteiger partial charge >= 0.3 is 0 Å². The molecule has 0 unspecified atom stereocenters. The second-order valence-corrected chi connectivity index (χ2v) is 7.76. The molecule has 0 aliphatic heterocycles. The molecule has 2 aromatic carbocycles. The Balaban J connectivity index is 0.00000222. The summed E-state index contributed by atoms with van der Waals surface area (Å²) in [5.74, 6) is 0. The number of fused-ring (bicyclic) bond motifs is 1. The molecule has 36 heavy (non-hydrogen) atoms. The third-order valence-corrected chi connectivity index (χ3v) is 5.58. The lowest BCUT2D eigenvalue weighted by Crippen LogP contribution is -2.22. The van der Waals surface area contributed by atoms with Crippen molar-refractivity contribution in [1.29, 1.82) is 0 Å². The topological polar surface area (TPSA) is 15.8 Å². The summed E-state index contributed by atoms with van der Waals surface area (Å²) < 4.78 is 0. The zero-order valence-corrected chi connectivity index (χ0v) is 22.3. The summed E-state index contributed by atoms with van der Waals surface area (Å²) >= 11 is 0. The van der Waals surface area contributed by atoms with Crippen molar-refractivity contribution in [3.63, 3.8) is 0 Å². The van der Waals surface area contributed by atoms with Crippen molar-refractivity contribution in [3.8, 4) is 0 Å². The summed E-state index contributed by atoms with van der Waals surface area (Å²) in [5, 5.41) is 3.66. The van der Waals surface area contributed by atoms with Gasteiger partial charge in [-0.3, -0.25) is 0 Å². The van der Waals surface area contributed by atoms with E-state index in [4.69, 9.17) is 0 Å². The quantitative estimate of drug-likeness (QED) is 0.315. The van der Waals surface area contributed by atoms with Crippen LogP contribution in [0.15, 0.2) is 110 Å². The van der Waals surface area contributed by atoms with E-state index in [2.05, 4.69) is 110 Å². The average molecular weight is 474 g/mol. The molecular weight excluding hydrogens is 434 g/mol. The number of rotatable bonds is 8. The van der Waals surface area contributed by atoms with Gasteiger partial charge in [-0.1, -0.05) is 130 Å². The zero-order valence-electron chi connectivity index (χ0n) is 22.3. The molecular formula is C35H39N. The fourth-order valence-electron chi connectivity index (χ4n) is 3.86. The van der Waals surface area contributed by atoms with Gasteiger partial charge in [0.15, 0.2) is 0 Å². The summed E-state index contributed by atoms with van der Waals surface area (Å²) in [6.07, 6.45) is 28.9. The van der Waals surface area contributed by atoms with Crippen molar-refractivity contribution in [2.75, 3.05) is 0 Å². The molecule has 1 N–H and O–H groups in total. The third kappa shape index (κ3) is 7.71. The molecule has 0 saturated carbocycles. The molecule has 0 radical (unpaired) electrons. The molecule has 0 amide bonds. The Morgan fingerprint density at radius 2 is 1.47 bits per heavy atom. The van der Waals surface area contributed by atoms with Crippen LogP contribution in [-0.2, 0) is 0 Å². The van der Waals surface area contributed by atoms with E-state index in [1.54, 1.807) is 0 Å². The molecule has 3 rings (SSSR count). The minimum absolute atomic E-state index is 1.09. The molecule has 0 aliphatic carbocycles. The summed E-state index contributed by atoms with van der Waals surface area (Å²) in [6.45, 7) is 14.2. The number of benzene rings is 2. The van der Waals surface area contributed by atoms with Crippen LogP contribution in [0.5, 0.6) is 0 Å². The number of aromatic nitrogens is 1. The normalized spacial score (nSPS) is 13.8. The van der Waals surface area contributed by atoms with E-state index in [-0.39, 0.29) is 0 Å². The number of nitrogens with one attached hydrogen (secondary N) is 1. The predicted octanol–water partition coefficient (Wildman–Crippen LogP) is 8.78. The number of allylic oxidation sites excluding steroid dienone is 11. The SMILES string of the molecule is C=Cc1c(/C=C\C)[nH]c2ccc(C(/C=C\C=C\C=C/C=C\C=c3/cccc/c3=C/C)=C/C)cc12.CC. The van der Waals surface area contributed by atoms with E-state index in [1.807, 2.05) is 63.3 Å². The molecule has 184 valence electrons. The third-order valence-electron chi connectivity index (χ3n) is 5.58. The number of hydrogen-bond donors (Lipinski definition) is 1. The minimum Gasteiger partial charge on any atom is -0.355 e. The van der Waals surface area contributed by atoms with Crippen LogP contribution < -0.4 is 10.4 Å². The van der Waals surface area contributed by atoms with E-state index in [9.17, 15) is 0 Å². The highest BCUT2D eigenvalue weighted by atomic mass is 14.7.